The summed E-state index contributed by atoms with van der Waals surface area (Å²) in [4.78, 5) is 14.0. The maximum Gasteiger partial charge on any atom is 0.146 e. The fourth-order valence-electron chi connectivity index (χ4n) is 6.42. The molecule has 2 aliphatic rings. The molecule has 2 aliphatic carbocycles. The summed E-state index contributed by atoms with van der Waals surface area (Å²) in [6.45, 7) is 0. The predicted octanol–water partition coefficient (Wildman–Crippen LogP) is 6.73. The number of benzene rings is 3. The highest BCUT2D eigenvalue weighted by molar-refractivity contribution is 6.13. The lowest BCUT2D eigenvalue weighted by Gasteiger charge is -2.08. The molecule has 0 radical (unpaired) electrons. The zero-order valence-electron chi connectivity index (χ0n) is 18.8. The Morgan fingerprint density at radius 2 is 1.31 bits per heavy atom. The Balaban J connectivity index is 1.35. The van der Waals surface area contributed by atoms with Crippen molar-refractivity contribution in [3.63, 3.8) is 0 Å². The van der Waals surface area contributed by atoms with Crippen LogP contribution in [0.4, 0.5) is 0 Å². The minimum atomic E-state index is 0.963. The fraction of sp³-hybridized carbons (Fsp3) is 0.0645. The molecule has 4 heteroatoms. The molecule has 4 nitrogen and oxygen atoms in total. The third-order valence-corrected chi connectivity index (χ3v) is 7.96. The van der Waals surface area contributed by atoms with E-state index >= 15 is 0 Å². The van der Waals surface area contributed by atoms with Gasteiger partial charge in [0, 0.05) is 34.7 Å². The lowest BCUT2D eigenvalue weighted by Crippen LogP contribution is -1.93. The molecule has 0 unspecified atom stereocenters. The number of hydrogen-bond donors (Lipinski definition) is 0. The summed E-state index contributed by atoms with van der Waals surface area (Å²) in [7, 11) is 0. The van der Waals surface area contributed by atoms with Crippen molar-refractivity contribution in [2.45, 2.75) is 12.8 Å². The number of rotatable bonds is 0. The average molecular weight is 447 g/mol. The van der Waals surface area contributed by atoms with E-state index in [9.17, 15) is 0 Å². The number of pyridine rings is 3. The molecule has 0 aliphatic heterocycles. The monoisotopic (exact) mass is 446 g/mol. The van der Waals surface area contributed by atoms with Gasteiger partial charge in [-0.2, -0.15) is 0 Å². The number of aromatic nitrogens is 4. The summed E-state index contributed by atoms with van der Waals surface area (Å²) < 4.78 is 2.28. The highest BCUT2D eigenvalue weighted by Gasteiger charge is 2.26. The standard InChI is InChI=1S/C31H18N4/c1-2-4-21-17(3-1)9-18-10-19-11-20-12-29-28(14-26(20)25(19)13-24(18)21)34-31-23-6-8-32-15-27(23)22-5-7-33-16-30(22)35(29)31/h1-8,10,12-16H,9,11H2. The molecule has 0 N–H and O–H groups in total. The van der Waals surface area contributed by atoms with Crippen molar-refractivity contribution in [2.75, 3.05) is 0 Å². The minimum absolute atomic E-state index is 0.963. The number of fused-ring (bicyclic) bond motifs is 14. The van der Waals surface area contributed by atoms with E-state index in [1.807, 2.05) is 24.8 Å². The van der Waals surface area contributed by atoms with Crippen LogP contribution in [0, 0.1) is 0 Å². The SMILES string of the molecule is c1ccc2c(c1)Cc1cc3c(cc1-2)-c1cc2nc4c5ccncc5c5ccncc5n4c2cc1C3. The van der Waals surface area contributed by atoms with Crippen LogP contribution in [-0.2, 0) is 12.8 Å². The molecule has 0 fully saturated rings. The van der Waals surface area contributed by atoms with Gasteiger partial charge in [0.2, 0.25) is 0 Å². The quantitative estimate of drug-likeness (QED) is 0.243. The third kappa shape index (κ3) is 2.20. The van der Waals surface area contributed by atoms with Crippen LogP contribution < -0.4 is 0 Å². The van der Waals surface area contributed by atoms with Crippen LogP contribution >= 0.6 is 0 Å². The first-order valence-electron chi connectivity index (χ1n) is 12.0. The maximum atomic E-state index is 5.16. The molecular weight excluding hydrogens is 428 g/mol. The van der Waals surface area contributed by atoms with Gasteiger partial charge in [-0.3, -0.25) is 14.4 Å². The second-order valence-corrected chi connectivity index (χ2v) is 9.76. The Morgan fingerprint density at radius 1 is 0.571 bits per heavy atom. The van der Waals surface area contributed by atoms with Gasteiger partial charge in [0.1, 0.15) is 5.65 Å². The van der Waals surface area contributed by atoms with Crippen LogP contribution in [0.15, 0.2) is 85.5 Å². The van der Waals surface area contributed by atoms with Crippen LogP contribution in [-0.4, -0.2) is 19.4 Å². The molecule has 0 spiro atoms. The van der Waals surface area contributed by atoms with Crippen molar-refractivity contribution in [2.24, 2.45) is 0 Å². The predicted molar refractivity (Wildman–Crippen MR) is 140 cm³/mol. The smallest absolute Gasteiger partial charge is 0.146 e. The molecule has 3 aromatic carbocycles. The largest absolute Gasteiger partial charge is 0.290 e. The van der Waals surface area contributed by atoms with Crippen LogP contribution in [0.3, 0.4) is 0 Å². The molecule has 162 valence electrons. The fourth-order valence-corrected chi connectivity index (χ4v) is 6.42. The van der Waals surface area contributed by atoms with Crippen molar-refractivity contribution >= 4 is 38.4 Å². The molecule has 0 saturated heterocycles. The molecule has 4 aromatic heterocycles. The molecule has 0 saturated carbocycles. The van der Waals surface area contributed by atoms with Gasteiger partial charge >= 0.3 is 0 Å². The van der Waals surface area contributed by atoms with E-state index in [1.54, 1.807) is 0 Å². The van der Waals surface area contributed by atoms with Gasteiger partial charge in [0.05, 0.1) is 22.7 Å². The molecular formula is C31H18N4. The van der Waals surface area contributed by atoms with Crippen LogP contribution in [0.1, 0.15) is 22.3 Å². The van der Waals surface area contributed by atoms with Gasteiger partial charge in [0.25, 0.3) is 0 Å². The highest BCUT2D eigenvalue weighted by atomic mass is 15.0. The first kappa shape index (κ1) is 17.8. The molecule has 9 rings (SSSR count). The average Bonchev–Trinajstić information content (AvgIpc) is 3.56. The molecule has 0 bridgehead atoms. The summed E-state index contributed by atoms with van der Waals surface area (Å²) in [5.74, 6) is 0. The van der Waals surface area contributed by atoms with Gasteiger partial charge in [-0.1, -0.05) is 30.3 Å². The van der Waals surface area contributed by atoms with Crippen molar-refractivity contribution in [3.8, 4) is 22.3 Å². The van der Waals surface area contributed by atoms with Gasteiger partial charge in [0.15, 0.2) is 0 Å². The number of hydrogen-bond acceptors (Lipinski definition) is 3. The van der Waals surface area contributed by atoms with Gasteiger partial charge < -0.3 is 0 Å². The normalized spacial score (nSPS) is 13.5. The molecule has 35 heavy (non-hydrogen) atoms. The molecule has 0 atom stereocenters. The first-order chi connectivity index (χ1) is 17.3. The first-order valence-corrected chi connectivity index (χ1v) is 12.0. The Labute approximate surface area is 200 Å². The van der Waals surface area contributed by atoms with E-state index in [0.717, 1.165) is 51.2 Å². The molecule has 0 amide bonds. The van der Waals surface area contributed by atoms with E-state index in [2.05, 4.69) is 75.0 Å². The summed E-state index contributed by atoms with van der Waals surface area (Å²) in [6.07, 6.45) is 9.58. The topological polar surface area (TPSA) is 43.1 Å². The zero-order chi connectivity index (χ0) is 22.7. The molecule has 4 heterocycles. The van der Waals surface area contributed by atoms with Crippen molar-refractivity contribution < 1.29 is 0 Å². The minimum Gasteiger partial charge on any atom is -0.290 e. The van der Waals surface area contributed by atoms with E-state index in [4.69, 9.17) is 4.98 Å². The van der Waals surface area contributed by atoms with Gasteiger partial charge in [-0.25, -0.2) is 4.98 Å². The molecule has 7 aromatic rings. The lowest BCUT2D eigenvalue weighted by atomic mass is 9.98. The highest BCUT2D eigenvalue weighted by Crippen LogP contribution is 2.46. The van der Waals surface area contributed by atoms with Crippen molar-refractivity contribution in [3.05, 3.63) is 108 Å². The van der Waals surface area contributed by atoms with Crippen molar-refractivity contribution in [1.82, 2.24) is 19.4 Å². The van der Waals surface area contributed by atoms with E-state index in [1.165, 1.54) is 44.5 Å². The summed E-state index contributed by atoms with van der Waals surface area (Å²) >= 11 is 0. The zero-order valence-corrected chi connectivity index (χ0v) is 18.8. The summed E-state index contributed by atoms with van der Waals surface area (Å²) in [5, 5.41) is 3.37. The maximum absolute atomic E-state index is 5.16. The number of nitrogens with zero attached hydrogens (tertiary/aromatic N) is 4. The third-order valence-electron chi connectivity index (χ3n) is 7.96. The van der Waals surface area contributed by atoms with Gasteiger partial charge in [-0.05, 0) is 87.7 Å². The Morgan fingerprint density at radius 3 is 2.26 bits per heavy atom. The second-order valence-electron chi connectivity index (χ2n) is 9.76. The van der Waals surface area contributed by atoms with Crippen molar-refractivity contribution in [1.29, 1.82) is 0 Å². The Kier molecular flexibility index (Phi) is 3.11. The number of imidazole rings is 1. The summed E-state index contributed by atoms with van der Waals surface area (Å²) in [6, 6.07) is 22.5. The lowest BCUT2D eigenvalue weighted by molar-refractivity contribution is 1.21. The second kappa shape index (κ2) is 6.10. The van der Waals surface area contributed by atoms with Crippen LogP contribution in [0.25, 0.3) is 60.6 Å². The van der Waals surface area contributed by atoms with Crippen LogP contribution in [0.2, 0.25) is 0 Å². The van der Waals surface area contributed by atoms with Crippen LogP contribution in [0.5, 0.6) is 0 Å². The summed E-state index contributed by atoms with van der Waals surface area (Å²) in [5.41, 5.74) is 15.3. The van der Waals surface area contributed by atoms with E-state index in [0.29, 0.717) is 0 Å². The Bertz CT molecular complexity index is 2070. The van der Waals surface area contributed by atoms with E-state index in [-0.39, 0.29) is 0 Å². The Hall–Kier alpha value is -4.57. The van der Waals surface area contributed by atoms with Gasteiger partial charge in [-0.15, -0.1) is 0 Å². The van der Waals surface area contributed by atoms with E-state index < -0.39 is 0 Å².